The number of para-hydroxylation sites is 1. The van der Waals surface area contributed by atoms with E-state index in [-0.39, 0.29) is 0 Å². The maximum atomic E-state index is 12.3. The second-order valence-corrected chi connectivity index (χ2v) is 9.61. The van der Waals surface area contributed by atoms with E-state index < -0.39 is 5.97 Å². The number of carbonyl (C=O) groups excluding carboxylic acids is 1. The van der Waals surface area contributed by atoms with Gasteiger partial charge in [-0.25, -0.2) is 14.8 Å². The van der Waals surface area contributed by atoms with Crippen LogP contribution in [0.1, 0.15) is 22.6 Å². The zero-order chi connectivity index (χ0) is 25.9. The fraction of sp³-hybridized carbons (Fsp3) is 0.393. The summed E-state index contributed by atoms with van der Waals surface area (Å²) in [5, 5.41) is 3.37. The molecule has 3 aromatic rings. The van der Waals surface area contributed by atoms with Crippen molar-refractivity contribution in [2.45, 2.75) is 18.9 Å². The Morgan fingerprint density at radius 1 is 1.08 bits per heavy atom. The number of nitrogens with zero attached hydrogens (tertiary/aromatic N) is 5. The van der Waals surface area contributed by atoms with Crippen molar-refractivity contribution in [2.24, 2.45) is 7.05 Å². The van der Waals surface area contributed by atoms with Crippen molar-refractivity contribution in [3.63, 3.8) is 0 Å². The van der Waals surface area contributed by atoms with Gasteiger partial charge in [-0.3, -0.25) is 4.90 Å². The highest BCUT2D eigenvalue weighted by Gasteiger charge is 2.26. The second kappa shape index (κ2) is 10.7. The lowest BCUT2D eigenvalue weighted by Crippen LogP contribution is -2.49. The fourth-order valence-electron chi connectivity index (χ4n) is 5.07. The molecule has 37 heavy (non-hydrogen) atoms. The van der Waals surface area contributed by atoms with Gasteiger partial charge in [-0.05, 0) is 30.8 Å². The predicted molar refractivity (Wildman–Crippen MR) is 144 cm³/mol. The summed E-state index contributed by atoms with van der Waals surface area (Å²) in [5.74, 6) is 1.90. The molecule has 0 spiro atoms. The number of hydrogen-bond acceptors (Lipinski definition) is 8. The highest BCUT2D eigenvalue weighted by Crippen LogP contribution is 2.30. The van der Waals surface area contributed by atoms with Crippen LogP contribution in [0.15, 0.2) is 60.0 Å². The number of fused-ring (bicyclic) bond motifs is 1. The van der Waals surface area contributed by atoms with Crippen LogP contribution in [-0.4, -0.2) is 83.8 Å². The van der Waals surface area contributed by atoms with E-state index in [2.05, 4.69) is 34.3 Å². The van der Waals surface area contributed by atoms with Crippen LogP contribution in [0.4, 0.5) is 11.5 Å². The Balaban J connectivity index is 1.43. The third-order valence-corrected chi connectivity index (χ3v) is 7.23. The number of methoxy groups -OCH3 is 2. The SMILES string of the molecule is COC(=O)c1ccccc1Nc1nc(CC2=C(OC)CC(N3CCN(C)CC3)C=C2)nc2ccn(C)c12. The smallest absolute Gasteiger partial charge is 0.339 e. The van der Waals surface area contributed by atoms with E-state index in [1.807, 2.05) is 42.1 Å². The number of aromatic nitrogens is 3. The summed E-state index contributed by atoms with van der Waals surface area (Å²) >= 11 is 0. The first-order valence-corrected chi connectivity index (χ1v) is 12.6. The van der Waals surface area contributed by atoms with Gasteiger partial charge in [0.2, 0.25) is 0 Å². The quantitative estimate of drug-likeness (QED) is 0.492. The number of rotatable bonds is 7. The number of esters is 1. The molecule has 1 saturated heterocycles. The first-order valence-electron chi connectivity index (χ1n) is 12.6. The molecule has 3 heterocycles. The molecule has 1 aliphatic carbocycles. The zero-order valence-corrected chi connectivity index (χ0v) is 21.9. The molecule has 9 heteroatoms. The van der Waals surface area contributed by atoms with Crippen molar-refractivity contribution in [3.8, 4) is 0 Å². The van der Waals surface area contributed by atoms with Crippen LogP contribution in [0.3, 0.4) is 0 Å². The van der Waals surface area contributed by atoms with Gasteiger partial charge < -0.3 is 24.3 Å². The van der Waals surface area contributed by atoms with Crippen LogP contribution < -0.4 is 5.32 Å². The first kappa shape index (κ1) is 25.0. The third kappa shape index (κ3) is 5.23. The van der Waals surface area contributed by atoms with Gasteiger partial charge in [-0.1, -0.05) is 24.3 Å². The Labute approximate surface area is 217 Å². The molecule has 1 unspecified atom stereocenters. The van der Waals surface area contributed by atoms with E-state index in [0.29, 0.717) is 35.4 Å². The summed E-state index contributed by atoms with van der Waals surface area (Å²) in [6, 6.07) is 9.58. The Morgan fingerprint density at radius 2 is 1.86 bits per heavy atom. The summed E-state index contributed by atoms with van der Waals surface area (Å²) in [7, 11) is 7.25. The molecular weight excluding hydrogens is 468 g/mol. The normalized spacial score (nSPS) is 18.9. The predicted octanol–water partition coefficient (Wildman–Crippen LogP) is 3.52. The highest BCUT2D eigenvalue weighted by molar-refractivity contribution is 5.98. The summed E-state index contributed by atoms with van der Waals surface area (Å²) < 4.78 is 12.8. The van der Waals surface area contributed by atoms with Gasteiger partial charge in [-0.2, -0.15) is 0 Å². The maximum Gasteiger partial charge on any atom is 0.339 e. The van der Waals surface area contributed by atoms with Crippen LogP contribution in [0.25, 0.3) is 11.0 Å². The lowest BCUT2D eigenvalue weighted by Gasteiger charge is -2.38. The van der Waals surface area contributed by atoms with Gasteiger partial charge in [0.05, 0.1) is 31.0 Å². The van der Waals surface area contributed by atoms with E-state index in [0.717, 1.165) is 55.0 Å². The molecule has 1 N–H and O–H groups in total. The second-order valence-electron chi connectivity index (χ2n) is 9.61. The van der Waals surface area contributed by atoms with Gasteiger partial charge in [-0.15, -0.1) is 0 Å². The van der Waals surface area contributed by atoms with E-state index in [9.17, 15) is 4.79 Å². The lowest BCUT2D eigenvalue weighted by molar-refractivity contribution is 0.0602. The molecule has 2 aromatic heterocycles. The van der Waals surface area contributed by atoms with Crippen LogP contribution in [0, 0.1) is 0 Å². The summed E-state index contributed by atoms with van der Waals surface area (Å²) in [6.45, 7) is 4.30. The van der Waals surface area contributed by atoms with Crippen LogP contribution in [0.5, 0.6) is 0 Å². The van der Waals surface area contributed by atoms with Gasteiger partial charge in [0.15, 0.2) is 5.82 Å². The van der Waals surface area contributed by atoms with E-state index >= 15 is 0 Å². The third-order valence-electron chi connectivity index (χ3n) is 7.23. The van der Waals surface area contributed by atoms with Crippen LogP contribution >= 0.6 is 0 Å². The molecule has 1 aliphatic heterocycles. The number of likely N-dealkylation sites (N-methyl/N-ethyl adjacent to an activating group) is 1. The molecule has 1 atom stereocenters. The van der Waals surface area contributed by atoms with Crippen molar-refractivity contribution >= 4 is 28.5 Å². The van der Waals surface area contributed by atoms with Crippen molar-refractivity contribution in [1.29, 1.82) is 0 Å². The van der Waals surface area contributed by atoms with Gasteiger partial charge in [0.1, 0.15) is 17.1 Å². The van der Waals surface area contributed by atoms with Gasteiger partial charge in [0, 0.05) is 58.3 Å². The maximum absolute atomic E-state index is 12.3. The summed E-state index contributed by atoms with van der Waals surface area (Å²) in [5.41, 5.74) is 3.86. The number of allylic oxidation sites excluding steroid dienone is 2. The Bertz CT molecular complexity index is 1350. The Hall–Kier alpha value is -3.69. The number of nitrogens with one attached hydrogen (secondary N) is 1. The Morgan fingerprint density at radius 3 is 2.62 bits per heavy atom. The monoisotopic (exact) mass is 502 g/mol. The molecule has 9 nitrogen and oxygen atoms in total. The summed E-state index contributed by atoms with van der Waals surface area (Å²) in [4.78, 5) is 27.0. The largest absolute Gasteiger partial charge is 0.501 e. The van der Waals surface area contributed by atoms with Gasteiger partial charge >= 0.3 is 5.97 Å². The average Bonchev–Trinajstić information content (AvgIpc) is 3.30. The molecular formula is C28H34N6O3. The summed E-state index contributed by atoms with van der Waals surface area (Å²) in [6.07, 6.45) is 7.81. The number of anilines is 2. The topological polar surface area (TPSA) is 84.8 Å². The number of carbonyl (C=O) groups is 1. The number of piperazine rings is 1. The van der Waals surface area contributed by atoms with Crippen LogP contribution in [-0.2, 0) is 22.9 Å². The van der Waals surface area contributed by atoms with Crippen molar-refractivity contribution in [2.75, 3.05) is 52.8 Å². The minimum absolute atomic E-state index is 0.344. The van der Waals surface area contributed by atoms with Gasteiger partial charge in [0.25, 0.3) is 0 Å². The molecule has 5 rings (SSSR count). The van der Waals surface area contributed by atoms with Crippen molar-refractivity contribution < 1.29 is 14.3 Å². The standard InChI is InChI=1S/C28H34N6O3/c1-32-13-15-34(16-14-32)20-10-9-19(24(18-20)36-3)17-25-29-23-11-12-33(2)26(23)27(31-25)30-22-8-6-5-7-21(22)28(35)37-4/h5-12,20H,13-18H2,1-4H3,(H,29,30,31). The molecule has 1 aromatic carbocycles. The molecule has 0 saturated carbocycles. The fourth-order valence-corrected chi connectivity index (χ4v) is 5.07. The number of hydrogen-bond donors (Lipinski definition) is 1. The minimum atomic E-state index is -0.405. The molecule has 0 bridgehead atoms. The zero-order valence-electron chi connectivity index (χ0n) is 21.9. The van der Waals surface area contributed by atoms with Crippen LogP contribution in [0.2, 0.25) is 0 Å². The van der Waals surface area contributed by atoms with E-state index in [1.54, 1.807) is 13.2 Å². The van der Waals surface area contributed by atoms with E-state index in [1.165, 1.54) is 7.11 Å². The lowest BCUT2D eigenvalue weighted by atomic mass is 9.96. The molecule has 0 radical (unpaired) electrons. The molecule has 1 fully saturated rings. The molecule has 2 aliphatic rings. The van der Waals surface area contributed by atoms with Crippen molar-refractivity contribution in [3.05, 3.63) is 71.4 Å². The molecule has 0 amide bonds. The first-order chi connectivity index (χ1) is 18.0. The van der Waals surface area contributed by atoms with Crippen molar-refractivity contribution in [1.82, 2.24) is 24.3 Å². The van der Waals surface area contributed by atoms with E-state index in [4.69, 9.17) is 19.4 Å². The average molecular weight is 503 g/mol. The number of ether oxygens (including phenoxy) is 2. The Kier molecular flexibility index (Phi) is 7.25. The minimum Gasteiger partial charge on any atom is -0.501 e. The highest BCUT2D eigenvalue weighted by atomic mass is 16.5. The number of aryl methyl sites for hydroxylation is 1. The number of benzene rings is 1. The molecule has 194 valence electrons.